The highest BCUT2D eigenvalue weighted by Crippen LogP contribution is 2.12. The van der Waals surface area contributed by atoms with Crippen molar-refractivity contribution >= 4 is 39.8 Å². The molecule has 1 heterocycles. The lowest BCUT2D eigenvalue weighted by atomic mass is 10.3. The van der Waals surface area contributed by atoms with Gasteiger partial charge in [0.15, 0.2) is 5.71 Å². The van der Waals surface area contributed by atoms with Gasteiger partial charge in [0, 0.05) is 6.42 Å². The predicted octanol–water partition coefficient (Wildman–Crippen LogP) is 3.84. The minimum atomic E-state index is -0.478. The molecule has 0 unspecified atom stereocenters. The van der Waals surface area contributed by atoms with E-state index in [1.165, 1.54) is 11.3 Å². The zero-order valence-corrected chi connectivity index (χ0v) is 12.6. The zero-order chi connectivity index (χ0) is 14.1. The quantitative estimate of drug-likeness (QED) is 0.436. The van der Waals surface area contributed by atoms with E-state index in [9.17, 15) is 4.79 Å². The Morgan fingerprint density at radius 2 is 2.21 bits per heavy atom. The van der Waals surface area contributed by atoms with Gasteiger partial charge in [-0.25, -0.2) is 4.79 Å². The molecule has 0 fully saturated rings. The fourth-order valence-electron chi connectivity index (χ4n) is 1.28. The van der Waals surface area contributed by atoms with Gasteiger partial charge in [-0.1, -0.05) is 31.0 Å². The topological polar surface area (TPSA) is 51.0 Å². The van der Waals surface area contributed by atoms with E-state index in [2.05, 4.69) is 17.1 Å². The molecule has 0 aliphatic carbocycles. The smallest absolute Gasteiger partial charge is 0.360 e. The summed E-state index contributed by atoms with van der Waals surface area (Å²) in [5, 5.41) is 10.1. The average molecular weight is 301 g/mol. The first-order chi connectivity index (χ1) is 9.19. The van der Waals surface area contributed by atoms with Crippen LogP contribution in [0.25, 0.3) is 0 Å². The third kappa shape index (κ3) is 5.53. The van der Waals surface area contributed by atoms with Crippen molar-refractivity contribution in [3.8, 4) is 0 Å². The number of unbranched alkanes of at least 4 members (excludes halogenated alkanes) is 1. The van der Waals surface area contributed by atoms with Gasteiger partial charge < -0.3 is 4.74 Å². The second kappa shape index (κ2) is 8.82. The SMILES string of the molecule is CCCCC(Cl)=NN=C(C(=O)OCC)c1cccs1. The van der Waals surface area contributed by atoms with E-state index in [1.54, 1.807) is 13.0 Å². The molecule has 0 saturated heterocycles. The number of carbonyl (C=O) groups is 1. The molecule has 0 aromatic carbocycles. The van der Waals surface area contributed by atoms with Crippen molar-refractivity contribution in [2.24, 2.45) is 10.2 Å². The molecule has 0 spiro atoms. The van der Waals surface area contributed by atoms with Gasteiger partial charge in [0.05, 0.1) is 11.5 Å². The Kier molecular flexibility index (Phi) is 7.36. The Hall–Kier alpha value is -1.20. The number of ether oxygens (including phenoxy) is 1. The van der Waals surface area contributed by atoms with Gasteiger partial charge in [-0.15, -0.1) is 21.5 Å². The highest BCUT2D eigenvalue weighted by Gasteiger charge is 2.16. The Morgan fingerprint density at radius 1 is 1.42 bits per heavy atom. The van der Waals surface area contributed by atoms with Crippen molar-refractivity contribution in [3.05, 3.63) is 22.4 Å². The summed E-state index contributed by atoms with van der Waals surface area (Å²) in [6.07, 6.45) is 2.65. The van der Waals surface area contributed by atoms with Gasteiger partial charge in [-0.05, 0) is 24.8 Å². The molecule has 0 N–H and O–H groups in total. The van der Waals surface area contributed by atoms with E-state index in [0.717, 1.165) is 17.7 Å². The van der Waals surface area contributed by atoms with Crippen LogP contribution in [-0.4, -0.2) is 23.5 Å². The van der Waals surface area contributed by atoms with Gasteiger partial charge in [0.1, 0.15) is 5.17 Å². The van der Waals surface area contributed by atoms with Crippen LogP contribution in [0.3, 0.4) is 0 Å². The maximum Gasteiger partial charge on any atom is 0.360 e. The molecule has 6 heteroatoms. The van der Waals surface area contributed by atoms with E-state index in [4.69, 9.17) is 16.3 Å². The summed E-state index contributed by atoms with van der Waals surface area (Å²) in [5.74, 6) is -0.478. The highest BCUT2D eigenvalue weighted by atomic mass is 35.5. The molecule has 1 aromatic heterocycles. The molecule has 0 saturated carbocycles. The number of carbonyl (C=O) groups excluding carboxylic acids is 1. The van der Waals surface area contributed by atoms with Gasteiger partial charge in [0.2, 0.25) is 0 Å². The van der Waals surface area contributed by atoms with E-state index < -0.39 is 5.97 Å². The molecule has 4 nitrogen and oxygen atoms in total. The van der Waals surface area contributed by atoms with Crippen LogP contribution in [-0.2, 0) is 9.53 Å². The second-order valence-corrected chi connectivity index (χ2v) is 5.11. The van der Waals surface area contributed by atoms with Crippen LogP contribution >= 0.6 is 22.9 Å². The van der Waals surface area contributed by atoms with Crippen LogP contribution in [0.4, 0.5) is 0 Å². The van der Waals surface area contributed by atoms with Crippen LogP contribution in [0.2, 0.25) is 0 Å². The first-order valence-corrected chi connectivity index (χ1v) is 7.45. The Balaban J connectivity index is 2.88. The summed E-state index contributed by atoms with van der Waals surface area (Å²) in [6, 6.07) is 3.65. The number of hydrogen-bond acceptors (Lipinski definition) is 5. The Morgan fingerprint density at radius 3 is 2.79 bits per heavy atom. The highest BCUT2D eigenvalue weighted by molar-refractivity contribution is 7.13. The standard InChI is InChI=1S/C13H17ClN2O2S/c1-3-5-8-11(14)15-16-12(13(17)18-4-2)10-7-6-9-19-10/h6-7,9H,3-5,8H2,1-2H3. The number of rotatable bonds is 7. The van der Waals surface area contributed by atoms with Gasteiger partial charge >= 0.3 is 5.97 Å². The third-order valence-electron chi connectivity index (χ3n) is 2.22. The number of hydrogen-bond donors (Lipinski definition) is 0. The monoisotopic (exact) mass is 300 g/mol. The largest absolute Gasteiger partial charge is 0.461 e. The second-order valence-electron chi connectivity index (χ2n) is 3.73. The lowest BCUT2D eigenvalue weighted by molar-refractivity contribution is -0.134. The third-order valence-corrected chi connectivity index (χ3v) is 3.36. The number of nitrogens with zero attached hydrogens (tertiary/aromatic N) is 2. The molecule has 0 amide bonds. The summed E-state index contributed by atoms with van der Waals surface area (Å²) in [7, 11) is 0. The predicted molar refractivity (Wildman–Crippen MR) is 80.3 cm³/mol. The summed E-state index contributed by atoms with van der Waals surface area (Å²) in [4.78, 5) is 12.5. The Labute approximate surface area is 122 Å². The van der Waals surface area contributed by atoms with Gasteiger partial charge in [-0.3, -0.25) is 0 Å². The molecular formula is C13H17ClN2O2S. The van der Waals surface area contributed by atoms with E-state index in [-0.39, 0.29) is 5.71 Å². The van der Waals surface area contributed by atoms with Crippen LogP contribution in [0.15, 0.2) is 27.7 Å². The van der Waals surface area contributed by atoms with Crippen LogP contribution < -0.4 is 0 Å². The maximum atomic E-state index is 11.8. The fraction of sp³-hybridized carbons (Fsp3) is 0.462. The molecule has 0 aliphatic heterocycles. The fourth-order valence-corrected chi connectivity index (χ4v) is 2.15. The molecule has 104 valence electrons. The molecule has 1 rings (SSSR count). The molecular weight excluding hydrogens is 284 g/mol. The first-order valence-electron chi connectivity index (χ1n) is 6.20. The Bertz CT molecular complexity index is 455. The normalized spacial score (nSPS) is 12.6. The summed E-state index contributed by atoms with van der Waals surface area (Å²) < 4.78 is 4.97. The minimum absolute atomic E-state index is 0.200. The van der Waals surface area contributed by atoms with Gasteiger partial charge in [0.25, 0.3) is 0 Å². The van der Waals surface area contributed by atoms with Crippen LogP contribution in [0.1, 0.15) is 38.0 Å². The molecule has 0 radical (unpaired) electrons. The van der Waals surface area contributed by atoms with Crippen molar-refractivity contribution in [1.29, 1.82) is 0 Å². The van der Waals surface area contributed by atoms with Gasteiger partial charge in [-0.2, -0.15) is 0 Å². The van der Waals surface area contributed by atoms with Crippen LogP contribution in [0.5, 0.6) is 0 Å². The zero-order valence-electron chi connectivity index (χ0n) is 11.1. The molecule has 1 aromatic rings. The summed E-state index contributed by atoms with van der Waals surface area (Å²) in [5.41, 5.74) is 0.200. The van der Waals surface area contributed by atoms with Crippen molar-refractivity contribution in [2.75, 3.05) is 6.61 Å². The number of esters is 1. The van der Waals surface area contributed by atoms with Crippen LogP contribution in [0, 0.1) is 0 Å². The number of halogens is 1. The van der Waals surface area contributed by atoms with Crippen molar-refractivity contribution in [1.82, 2.24) is 0 Å². The molecule has 19 heavy (non-hydrogen) atoms. The molecule has 0 atom stereocenters. The van der Waals surface area contributed by atoms with E-state index >= 15 is 0 Å². The van der Waals surface area contributed by atoms with Crippen molar-refractivity contribution in [2.45, 2.75) is 33.1 Å². The first kappa shape index (κ1) is 15.9. The van der Waals surface area contributed by atoms with E-state index in [1.807, 2.05) is 11.4 Å². The van der Waals surface area contributed by atoms with E-state index in [0.29, 0.717) is 18.2 Å². The van der Waals surface area contributed by atoms with Crippen molar-refractivity contribution in [3.63, 3.8) is 0 Å². The summed E-state index contributed by atoms with van der Waals surface area (Å²) >= 11 is 7.35. The average Bonchev–Trinajstić information content (AvgIpc) is 2.90. The lowest BCUT2D eigenvalue weighted by Crippen LogP contribution is -2.17. The molecule has 0 bridgehead atoms. The molecule has 0 aliphatic rings. The van der Waals surface area contributed by atoms with Crippen molar-refractivity contribution < 1.29 is 9.53 Å². The summed E-state index contributed by atoms with van der Waals surface area (Å²) in [6.45, 7) is 4.13. The minimum Gasteiger partial charge on any atom is -0.461 e. The number of thiophene rings is 1. The lowest BCUT2D eigenvalue weighted by Gasteiger charge is -2.02. The maximum absolute atomic E-state index is 11.8.